The van der Waals surface area contributed by atoms with Crippen LogP contribution in [0.25, 0.3) is 0 Å². The molecule has 1 aromatic rings. The van der Waals surface area contributed by atoms with Gasteiger partial charge in [-0.3, -0.25) is 9.63 Å². The van der Waals surface area contributed by atoms with Crippen LogP contribution in [0.15, 0.2) is 23.1 Å². The second-order valence-corrected chi connectivity index (χ2v) is 8.51. The highest BCUT2D eigenvalue weighted by molar-refractivity contribution is 8.49. The van der Waals surface area contributed by atoms with E-state index in [4.69, 9.17) is 0 Å². The Balaban J connectivity index is 0.00000441. The molecule has 0 atom stereocenters. The molecule has 0 unspecified atom stereocenters. The Hall–Kier alpha value is -1.48. The van der Waals surface area contributed by atoms with Crippen LogP contribution >= 0.6 is 9.84 Å². The second-order valence-electron chi connectivity index (χ2n) is 5.08. The first-order valence-electron chi connectivity index (χ1n) is 5.80. The van der Waals surface area contributed by atoms with E-state index in [9.17, 15) is 20.3 Å². The summed E-state index contributed by atoms with van der Waals surface area (Å²) in [5, 5.41) is 0.765. The van der Waals surface area contributed by atoms with Gasteiger partial charge in [0.15, 0.2) is 9.84 Å². The van der Waals surface area contributed by atoms with Gasteiger partial charge in [-0.25, -0.2) is 5.06 Å². The minimum atomic E-state index is -8.39. The Morgan fingerprint density at radius 1 is 1.09 bits per heavy atom. The van der Waals surface area contributed by atoms with Gasteiger partial charge in [0.2, 0.25) is 0 Å². The second kappa shape index (κ2) is 5.31. The zero-order valence-electron chi connectivity index (χ0n) is 12.4. The number of hydroxylamine groups is 2. The third kappa shape index (κ3) is 4.77. The van der Waals surface area contributed by atoms with Gasteiger partial charge in [0.1, 0.15) is 0 Å². The number of hydrogen-bond donors (Lipinski definition) is 0. The molecule has 9 heteroatoms. The topological polar surface area (TPSA) is 32.8 Å². The molecule has 0 radical (unpaired) electrons. The van der Waals surface area contributed by atoms with Gasteiger partial charge in [0.05, 0.1) is 18.3 Å². The summed E-state index contributed by atoms with van der Waals surface area (Å²) in [5.41, 5.74) is -0.240. The average molecular weight is 346 g/mol. The molecule has 130 valence electrons. The van der Waals surface area contributed by atoms with E-state index in [-0.39, 0.29) is 24.9 Å². The molecule has 1 amide bonds. The van der Waals surface area contributed by atoms with Gasteiger partial charge in [-0.05, 0) is 18.2 Å². The fourth-order valence-electron chi connectivity index (χ4n) is 1.53. The Morgan fingerprint density at radius 2 is 1.59 bits per heavy atom. The Bertz CT molecular complexity index is 573. The number of carbonyl (C=O) groups is 1. The minimum Gasteiger partial charge on any atom is -0.378 e. The summed E-state index contributed by atoms with van der Waals surface area (Å²) < 4.78 is 54.4. The molecule has 1 rings (SSSR count). The van der Waals surface area contributed by atoms with E-state index in [2.05, 4.69) is 4.84 Å². The zero-order chi connectivity index (χ0) is 16.7. The van der Waals surface area contributed by atoms with E-state index in [1.807, 2.05) is 0 Å². The van der Waals surface area contributed by atoms with E-state index < -0.39 is 20.6 Å². The Kier molecular flexibility index (Phi) is 4.95. The summed E-state index contributed by atoms with van der Waals surface area (Å²) in [7, 11) is -2.94. The van der Waals surface area contributed by atoms with Crippen molar-refractivity contribution in [3.63, 3.8) is 0 Å². The number of rotatable bonds is 4. The Morgan fingerprint density at radius 3 is 1.95 bits per heavy atom. The molecule has 0 fully saturated rings. The van der Waals surface area contributed by atoms with Crippen LogP contribution in [0, 0.1) is 0 Å². The van der Waals surface area contributed by atoms with Crippen molar-refractivity contribution >= 4 is 21.4 Å². The molecule has 0 heterocycles. The number of amides is 1. The van der Waals surface area contributed by atoms with Crippen LogP contribution in [0.1, 0.15) is 17.8 Å². The highest BCUT2D eigenvalue weighted by Gasteiger charge is 2.59. The van der Waals surface area contributed by atoms with Gasteiger partial charge >= 0.3 is 0 Å². The number of benzene rings is 1. The maximum atomic E-state index is 13.6. The molecule has 0 spiro atoms. The highest BCUT2D eigenvalue weighted by Crippen LogP contribution is 2.98. The summed E-state index contributed by atoms with van der Waals surface area (Å²) in [5.74, 6) is -0.802. The summed E-state index contributed by atoms with van der Waals surface area (Å²) in [4.78, 5) is 16.5. The predicted octanol–water partition coefficient (Wildman–Crippen LogP) is 4.42. The average Bonchev–Trinajstić information content (AvgIpc) is 2.33. The van der Waals surface area contributed by atoms with Crippen LogP contribution in [0.3, 0.4) is 0 Å². The van der Waals surface area contributed by atoms with Crippen molar-refractivity contribution < 1.29 is 25.2 Å². The summed E-state index contributed by atoms with van der Waals surface area (Å²) >= 11 is 0. The van der Waals surface area contributed by atoms with Crippen molar-refractivity contribution in [2.45, 2.75) is 12.3 Å². The molecule has 0 aromatic heterocycles. The standard InChI is InChI=1S/C12H18F4N2O2S.CH4/c1-17(2)10-6-9(12(19)18(3)20-4)7-11(8-10)21(5,13,14,15)16;/h6-8H,1-5H3;1H4. The van der Waals surface area contributed by atoms with Crippen molar-refractivity contribution in [3.05, 3.63) is 23.8 Å². The lowest BCUT2D eigenvalue weighted by molar-refractivity contribution is -0.0757. The summed E-state index contributed by atoms with van der Waals surface area (Å²) in [6.45, 7) is 0. The molecule has 1 aromatic carbocycles. The molecule has 0 saturated carbocycles. The first-order valence-corrected chi connectivity index (χ1v) is 8.25. The third-order valence-electron chi connectivity index (χ3n) is 2.81. The molecule has 0 aliphatic heterocycles. The highest BCUT2D eigenvalue weighted by atomic mass is 32.5. The summed E-state index contributed by atoms with van der Waals surface area (Å²) in [6, 6.07) is 2.43. The number of nitrogens with zero attached hydrogens (tertiary/aromatic N) is 2. The fourth-order valence-corrected chi connectivity index (χ4v) is 2.37. The first-order chi connectivity index (χ1) is 9.15. The SMILES string of the molecule is C.CON(C)C(=O)c1cc(N(C)C)cc(S(C)(F)(F)(F)F)c1. The number of hydrogen-bond acceptors (Lipinski definition) is 3. The van der Waals surface area contributed by atoms with Crippen molar-refractivity contribution in [2.75, 3.05) is 39.4 Å². The van der Waals surface area contributed by atoms with Crippen LogP contribution in [0.4, 0.5) is 21.2 Å². The molecule has 0 N–H and O–H groups in total. The van der Waals surface area contributed by atoms with E-state index >= 15 is 0 Å². The largest absolute Gasteiger partial charge is 0.378 e. The van der Waals surface area contributed by atoms with Crippen LogP contribution in [-0.4, -0.2) is 45.5 Å². The van der Waals surface area contributed by atoms with Gasteiger partial charge in [-0.15, -0.1) is 15.5 Å². The van der Waals surface area contributed by atoms with Crippen molar-refractivity contribution in [1.82, 2.24) is 5.06 Å². The predicted molar refractivity (Wildman–Crippen MR) is 82.8 cm³/mol. The molecular weight excluding hydrogens is 324 g/mol. The summed E-state index contributed by atoms with van der Waals surface area (Å²) in [6.07, 6.45) is -0.372. The lowest BCUT2D eigenvalue weighted by atomic mass is 10.2. The molecule has 22 heavy (non-hydrogen) atoms. The van der Waals surface area contributed by atoms with E-state index in [1.165, 1.54) is 39.2 Å². The molecule has 0 saturated heterocycles. The van der Waals surface area contributed by atoms with Gasteiger partial charge in [0.25, 0.3) is 5.91 Å². The lowest BCUT2D eigenvalue weighted by Crippen LogP contribution is -2.26. The zero-order valence-corrected chi connectivity index (χ0v) is 13.2. The van der Waals surface area contributed by atoms with E-state index in [0.29, 0.717) is 12.1 Å². The van der Waals surface area contributed by atoms with Gasteiger partial charge < -0.3 is 4.90 Å². The number of anilines is 1. The smallest absolute Gasteiger partial charge is 0.277 e. The van der Waals surface area contributed by atoms with Crippen LogP contribution in [-0.2, 0) is 4.84 Å². The van der Waals surface area contributed by atoms with Crippen molar-refractivity contribution in [1.29, 1.82) is 0 Å². The fraction of sp³-hybridized carbons (Fsp3) is 0.462. The Labute approximate surface area is 128 Å². The van der Waals surface area contributed by atoms with Gasteiger partial charge in [-0.1, -0.05) is 7.43 Å². The van der Waals surface area contributed by atoms with Gasteiger partial charge in [0, 0.05) is 32.4 Å². The molecule has 0 aliphatic rings. The van der Waals surface area contributed by atoms with Gasteiger partial charge in [-0.2, -0.15) is 0 Å². The molecular formula is C13H22F4N2O2S. The maximum Gasteiger partial charge on any atom is 0.277 e. The molecule has 0 bridgehead atoms. The minimum absolute atomic E-state index is 0. The van der Waals surface area contributed by atoms with Crippen molar-refractivity contribution in [3.8, 4) is 0 Å². The first kappa shape index (κ1) is 20.5. The molecule has 0 aliphatic carbocycles. The van der Waals surface area contributed by atoms with Crippen LogP contribution in [0.5, 0.6) is 0 Å². The lowest BCUT2D eigenvalue weighted by Gasteiger charge is -2.46. The van der Waals surface area contributed by atoms with Crippen LogP contribution in [0.2, 0.25) is 0 Å². The quantitative estimate of drug-likeness (QED) is 0.597. The van der Waals surface area contributed by atoms with Crippen molar-refractivity contribution in [2.24, 2.45) is 0 Å². The molecule has 4 nitrogen and oxygen atoms in total. The van der Waals surface area contributed by atoms with E-state index in [1.54, 1.807) is 0 Å². The van der Waals surface area contributed by atoms with E-state index in [0.717, 1.165) is 5.06 Å². The number of carbonyl (C=O) groups excluding carboxylic acids is 1. The van der Waals surface area contributed by atoms with Crippen LogP contribution < -0.4 is 4.90 Å². The number of halogens is 4. The normalized spacial score (nSPS) is 14.4. The monoisotopic (exact) mass is 346 g/mol. The third-order valence-corrected chi connectivity index (χ3v) is 4.23. The maximum absolute atomic E-state index is 13.6.